The molecule has 0 saturated carbocycles. The van der Waals surface area contributed by atoms with Gasteiger partial charge in [0.2, 0.25) is 0 Å². The van der Waals surface area contributed by atoms with E-state index < -0.39 is 5.82 Å². The Kier molecular flexibility index (Phi) is 4.08. The first-order valence-electron chi connectivity index (χ1n) is 7.10. The smallest absolute Gasteiger partial charge is 0.149 e. The first-order chi connectivity index (χ1) is 9.67. The van der Waals surface area contributed by atoms with E-state index in [9.17, 15) is 4.39 Å². The van der Waals surface area contributed by atoms with Crippen LogP contribution in [0, 0.1) is 5.82 Å². The standard InChI is InChI=1S/C15H20FNO2S/c16-13-9-11(1-2-14(13)17)19-12-3-6-18-15(10-12)4-7-20-8-5-15/h1-2,9,12H,3-8,10,17H2. The molecule has 0 aromatic heterocycles. The molecule has 5 heteroatoms. The molecule has 2 aliphatic heterocycles. The van der Waals surface area contributed by atoms with E-state index >= 15 is 0 Å². The van der Waals surface area contributed by atoms with E-state index in [0.29, 0.717) is 5.75 Å². The first kappa shape index (κ1) is 14.0. The predicted molar refractivity (Wildman–Crippen MR) is 79.7 cm³/mol. The Morgan fingerprint density at radius 1 is 1.35 bits per heavy atom. The summed E-state index contributed by atoms with van der Waals surface area (Å²) in [5, 5.41) is 0. The number of rotatable bonds is 2. The molecular formula is C15H20FNO2S. The Balaban J connectivity index is 1.66. The molecule has 110 valence electrons. The van der Waals surface area contributed by atoms with Crippen molar-refractivity contribution in [1.29, 1.82) is 0 Å². The van der Waals surface area contributed by atoms with Gasteiger partial charge >= 0.3 is 0 Å². The SMILES string of the molecule is Nc1ccc(OC2CCOC3(CCSCC3)C2)cc1F. The summed E-state index contributed by atoms with van der Waals surface area (Å²) in [6.45, 7) is 0.729. The fourth-order valence-corrected chi connectivity index (χ4v) is 4.19. The van der Waals surface area contributed by atoms with Crippen molar-refractivity contribution in [2.24, 2.45) is 0 Å². The van der Waals surface area contributed by atoms with Crippen LogP contribution in [-0.4, -0.2) is 29.8 Å². The Morgan fingerprint density at radius 2 is 2.15 bits per heavy atom. The zero-order valence-electron chi connectivity index (χ0n) is 11.4. The average Bonchev–Trinajstić information content (AvgIpc) is 2.44. The van der Waals surface area contributed by atoms with E-state index in [1.165, 1.54) is 6.07 Å². The second kappa shape index (κ2) is 5.82. The highest BCUT2D eigenvalue weighted by molar-refractivity contribution is 7.99. The number of ether oxygens (including phenoxy) is 2. The second-order valence-corrected chi connectivity index (χ2v) is 6.78. The van der Waals surface area contributed by atoms with Crippen LogP contribution in [0.1, 0.15) is 25.7 Å². The number of hydrogen-bond donors (Lipinski definition) is 1. The molecule has 0 aliphatic carbocycles. The summed E-state index contributed by atoms with van der Waals surface area (Å²) in [6.07, 6.45) is 4.05. The quantitative estimate of drug-likeness (QED) is 0.851. The van der Waals surface area contributed by atoms with Crippen LogP contribution in [0.5, 0.6) is 5.75 Å². The van der Waals surface area contributed by atoms with E-state index in [0.717, 1.165) is 43.8 Å². The predicted octanol–water partition coefficient (Wildman–Crippen LogP) is 3.23. The van der Waals surface area contributed by atoms with Gasteiger partial charge in [-0.25, -0.2) is 4.39 Å². The minimum atomic E-state index is -0.418. The molecule has 1 atom stereocenters. The molecule has 3 rings (SSSR count). The molecule has 1 spiro atoms. The van der Waals surface area contributed by atoms with Crippen molar-refractivity contribution in [3.8, 4) is 5.75 Å². The fourth-order valence-electron chi connectivity index (χ4n) is 2.95. The fraction of sp³-hybridized carbons (Fsp3) is 0.600. The summed E-state index contributed by atoms with van der Waals surface area (Å²) in [5.41, 5.74) is 5.62. The highest BCUT2D eigenvalue weighted by Gasteiger charge is 2.39. The van der Waals surface area contributed by atoms with Crippen LogP contribution >= 0.6 is 11.8 Å². The van der Waals surface area contributed by atoms with Gasteiger partial charge in [-0.1, -0.05) is 0 Å². The number of halogens is 1. The molecule has 1 aromatic carbocycles. The maximum atomic E-state index is 13.4. The largest absolute Gasteiger partial charge is 0.490 e. The minimum absolute atomic E-state index is 0.0134. The molecule has 1 aromatic rings. The summed E-state index contributed by atoms with van der Waals surface area (Å²) < 4.78 is 25.4. The molecule has 20 heavy (non-hydrogen) atoms. The zero-order chi connectivity index (χ0) is 14.0. The number of hydrogen-bond acceptors (Lipinski definition) is 4. The molecule has 1 unspecified atom stereocenters. The number of nitrogen functional groups attached to an aromatic ring is 1. The lowest BCUT2D eigenvalue weighted by Gasteiger charge is -2.43. The summed E-state index contributed by atoms with van der Waals surface area (Å²) in [4.78, 5) is 0. The number of nitrogens with two attached hydrogens (primary N) is 1. The number of benzene rings is 1. The van der Waals surface area contributed by atoms with E-state index in [-0.39, 0.29) is 17.4 Å². The Labute approximate surface area is 123 Å². The van der Waals surface area contributed by atoms with Crippen LogP contribution in [0.2, 0.25) is 0 Å². The normalized spacial score (nSPS) is 25.6. The van der Waals surface area contributed by atoms with Gasteiger partial charge in [-0.05, 0) is 36.5 Å². The van der Waals surface area contributed by atoms with Gasteiger partial charge in [-0.3, -0.25) is 0 Å². The van der Waals surface area contributed by atoms with Gasteiger partial charge < -0.3 is 15.2 Å². The molecular weight excluding hydrogens is 277 g/mol. The van der Waals surface area contributed by atoms with Gasteiger partial charge in [-0.2, -0.15) is 11.8 Å². The monoisotopic (exact) mass is 297 g/mol. The number of anilines is 1. The van der Waals surface area contributed by atoms with Crippen molar-refractivity contribution in [2.75, 3.05) is 23.8 Å². The van der Waals surface area contributed by atoms with E-state index in [1.807, 2.05) is 11.8 Å². The van der Waals surface area contributed by atoms with Gasteiger partial charge in [0.15, 0.2) is 0 Å². The van der Waals surface area contributed by atoms with Gasteiger partial charge in [0.1, 0.15) is 17.7 Å². The lowest BCUT2D eigenvalue weighted by molar-refractivity contribution is -0.116. The highest BCUT2D eigenvalue weighted by Crippen LogP contribution is 2.38. The minimum Gasteiger partial charge on any atom is -0.490 e. The van der Waals surface area contributed by atoms with Crippen molar-refractivity contribution in [3.63, 3.8) is 0 Å². The van der Waals surface area contributed by atoms with E-state index in [1.54, 1.807) is 12.1 Å². The van der Waals surface area contributed by atoms with Crippen LogP contribution in [-0.2, 0) is 4.74 Å². The molecule has 2 fully saturated rings. The molecule has 2 heterocycles. The highest BCUT2D eigenvalue weighted by atomic mass is 32.2. The van der Waals surface area contributed by atoms with Crippen LogP contribution in [0.3, 0.4) is 0 Å². The summed E-state index contributed by atoms with van der Waals surface area (Å²) >= 11 is 1.99. The maximum Gasteiger partial charge on any atom is 0.149 e. The van der Waals surface area contributed by atoms with E-state index in [4.69, 9.17) is 15.2 Å². The topological polar surface area (TPSA) is 44.5 Å². The number of thioether (sulfide) groups is 1. The second-order valence-electron chi connectivity index (χ2n) is 5.56. The van der Waals surface area contributed by atoms with Crippen LogP contribution in [0.15, 0.2) is 18.2 Å². The Morgan fingerprint density at radius 3 is 2.90 bits per heavy atom. The lowest BCUT2D eigenvalue weighted by atomic mass is 9.86. The van der Waals surface area contributed by atoms with Crippen LogP contribution < -0.4 is 10.5 Å². The Bertz CT molecular complexity index is 471. The van der Waals surface area contributed by atoms with E-state index in [2.05, 4.69) is 0 Å². The summed E-state index contributed by atoms with van der Waals surface area (Å²) in [5.74, 6) is 2.45. The lowest BCUT2D eigenvalue weighted by Crippen LogP contribution is -2.46. The van der Waals surface area contributed by atoms with Gasteiger partial charge in [0, 0.05) is 18.9 Å². The molecule has 2 aliphatic rings. The molecule has 3 nitrogen and oxygen atoms in total. The van der Waals surface area contributed by atoms with Crippen LogP contribution in [0.25, 0.3) is 0 Å². The zero-order valence-corrected chi connectivity index (χ0v) is 12.3. The van der Waals surface area contributed by atoms with Crippen molar-refractivity contribution in [2.45, 2.75) is 37.4 Å². The van der Waals surface area contributed by atoms with Crippen molar-refractivity contribution in [3.05, 3.63) is 24.0 Å². The molecule has 0 radical (unpaired) electrons. The Hall–Kier alpha value is -0.940. The molecule has 2 N–H and O–H groups in total. The average molecular weight is 297 g/mol. The first-order valence-corrected chi connectivity index (χ1v) is 8.26. The molecule has 2 saturated heterocycles. The van der Waals surface area contributed by atoms with Crippen molar-refractivity contribution >= 4 is 17.4 Å². The van der Waals surface area contributed by atoms with Gasteiger partial charge in [0.05, 0.1) is 17.9 Å². The third-order valence-electron chi connectivity index (χ3n) is 4.13. The third kappa shape index (κ3) is 3.04. The summed E-state index contributed by atoms with van der Waals surface area (Å²) in [7, 11) is 0. The van der Waals surface area contributed by atoms with Crippen molar-refractivity contribution < 1.29 is 13.9 Å². The van der Waals surface area contributed by atoms with Crippen LogP contribution in [0.4, 0.5) is 10.1 Å². The van der Waals surface area contributed by atoms with Gasteiger partial charge in [-0.15, -0.1) is 0 Å². The molecule has 0 amide bonds. The van der Waals surface area contributed by atoms with Gasteiger partial charge in [0.25, 0.3) is 0 Å². The summed E-state index contributed by atoms with van der Waals surface area (Å²) in [6, 6.07) is 4.66. The molecule has 0 bridgehead atoms. The maximum absolute atomic E-state index is 13.4. The third-order valence-corrected chi connectivity index (χ3v) is 5.11. The van der Waals surface area contributed by atoms with Crippen molar-refractivity contribution in [1.82, 2.24) is 0 Å².